The summed E-state index contributed by atoms with van der Waals surface area (Å²) in [6, 6.07) is 0. The highest BCUT2D eigenvalue weighted by atomic mass is 16.5. The lowest BCUT2D eigenvalue weighted by Crippen LogP contribution is -2.19. The lowest BCUT2D eigenvalue weighted by molar-refractivity contribution is -0.135. The second-order valence-electron chi connectivity index (χ2n) is 8.25. The Balaban J connectivity index is -0.000000896. The Hall–Kier alpha value is -1.18. The van der Waals surface area contributed by atoms with Crippen molar-refractivity contribution in [3.05, 3.63) is 0 Å². The molecule has 0 aliphatic carbocycles. The van der Waals surface area contributed by atoms with Crippen LogP contribution < -0.4 is 0 Å². The summed E-state index contributed by atoms with van der Waals surface area (Å²) in [6.07, 6.45) is 21.2. The molecule has 194 valence electrons. The number of aliphatic hydroxyl groups excluding tert-OH is 2. The van der Waals surface area contributed by atoms with Gasteiger partial charge in [0.05, 0.1) is 13.2 Å². The summed E-state index contributed by atoms with van der Waals surface area (Å²) < 4.78 is 5.30. The highest BCUT2D eigenvalue weighted by molar-refractivity contribution is 5.63. The van der Waals surface area contributed by atoms with E-state index in [1.54, 1.807) is 0 Å². The van der Waals surface area contributed by atoms with Crippen molar-refractivity contribution in [2.75, 3.05) is 19.8 Å². The monoisotopic (exact) mass is 464 g/mol. The molecule has 0 aromatic carbocycles. The number of aliphatic carboxylic acids is 2. The minimum Gasteiger partial charge on any atom is -0.481 e. The van der Waals surface area contributed by atoms with Crippen molar-refractivity contribution in [3.63, 3.8) is 0 Å². The van der Waals surface area contributed by atoms with E-state index in [0.717, 1.165) is 20.3 Å². The molecule has 0 rings (SSSR count). The van der Waals surface area contributed by atoms with E-state index in [4.69, 9.17) is 34.8 Å². The first-order valence-corrected chi connectivity index (χ1v) is 12.5. The predicted octanol–water partition coefficient (Wildman–Crippen LogP) is 5.80. The number of ether oxygens (including phenoxy) is 1. The molecule has 0 bridgehead atoms. The highest BCUT2D eigenvalue weighted by Gasteiger charge is 2.00. The molecule has 0 saturated carbocycles. The van der Waals surface area contributed by atoms with Gasteiger partial charge in [-0.15, -0.1) is 0 Å². The van der Waals surface area contributed by atoms with E-state index in [1.165, 1.54) is 96.3 Å². The topological polar surface area (TPSA) is 124 Å². The molecule has 0 heterocycles. The summed E-state index contributed by atoms with van der Waals surface area (Å²) >= 11 is 0. The Bertz CT molecular complexity index is 355. The van der Waals surface area contributed by atoms with Gasteiger partial charge in [0.25, 0.3) is 11.9 Å². The van der Waals surface area contributed by atoms with Crippen molar-refractivity contribution in [3.8, 4) is 0 Å². The minimum absolute atomic E-state index is 0.209. The molecular weight excluding hydrogens is 412 g/mol. The van der Waals surface area contributed by atoms with Crippen LogP contribution in [0.1, 0.15) is 124 Å². The first-order chi connectivity index (χ1) is 15.3. The Labute approximate surface area is 196 Å². The zero-order valence-electron chi connectivity index (χ0n) is 21.0. The summed E-state index contributed by atoms with van der Waals surface area (Å²) in [5, 5.41) is 32.6. The number of carbonyl (C=O) groups is 2. The van der Waals surface area contributed by atoms with E-state index in [-0.39, 0.29) is 13.2 Å². The second kappa shape index (κ2) is 32.0. The van der Waals surface area contributed by atoms with Crippen LogP contribution in [0.15, 0.2) is 0 Å². The normalized spacial score (nSPS) is 11.0. The van der Waals surface area contributed by atoms with E-state index in [1.807, 2.05) is 0 Å². The third-order valence-electron chi connectivity index (χ3n) is 4.66. The molecule has 7 nitrogen and oxygen atoms in total. The van der Waals surface area contributed by atoms with Gasteiger partial charge < -0.3 is 25.2 Å². The van der Waals surface area contributed by atoms with Gasteiger partial charge in [-0.1, -0.05) is 103 Å². The van der Waals surface area contributed by atoms with E-state index in [9.17, 15) is 0 Å². The van der Waals surface area contributed by atoms with Crippen LogP contribution in [0.25, 0.3) is 0 Å². The summed E-state index contributed by atoms with van der Waals surface area (Å²) in [5.74, 6) is -1.67. The van der Waals surface area contributed by atoms with Crippen LogP contribution in [-0.4, -0.2) is 58.3 Å². The maximum atomic E-state index is 9.12. The molecule has 32 heavy (non-hydrogen) atoms. The molecule has 7 heteroatoms. The molecule has 4 N–H and O–H groups in total. The van der Waals surface area contributed by atoms with Gasteiger partial charge in [-0.05, 0) is 6.42 Å². The molecule has 0 amide bonds. The number of aliphatic hydroxyl groups is 2. The van der Waals surface area contributed by atoms with Gasteiger partial charge >= 0.3 is 0 Å². The van der Waals surface area contributed by atoms with Gasteiger partial charge in [-0.3, -0.25) is 9.59 Å². The maximum absolute atomic E-state index is 9.12. The van der Waals surface area contributed by atoms with E-state index >= 15 is 0 Å². The molecule has 0 aromatic rings. The fourth-order valence-electron chi connectivity index (χ4n) is 3.02. The lowest BCUT2D eigenvalue weighted by Gasteiger charge is -2.08. The van der Waals surface area contributed by atoms with Crippen molar-refractivity contribution in [2.24, 2.45) is 0 Å². The first kappa shape index (κ1) is 35.4. The van der Waals surface area contributed by atoms with E-state index < -0.39 is 18.0 Å². The van der Waals surface area contributed by atoms with Crippen LogP contribution in [0.5, 0.6) is 0 Å². The van der Waals surface area contributed by atoms with Gasteiger partial charge in [0.1, 0.15) is 6.10 Å². The van der Waals surface area contributed by atoms with Crippen molar-refractivity contribution < 1.29 is 34.8 Å². The molecule has 0 aromatic heterocycles. The highest BCUT2D eigenvalue weighted by Crippen LogP contribution is 2.13. The van der Waals surface area contributed by atoms with Crippen molar-refractivity contribution in [1.29, 1.82) is 0 Å². The number of carboxylic acid groups (broad SMARTS) is 2. The third kappa shape index (κ3) is 51.5. The van der Waals surface area contributed by atoms with Crippen LogP contribution in [0.3, 0.4) is 0 Å². The molecule has 0 radical (unpaired) electrons. The molecular formula is C25H52O7. The quantitative estimate of drug-likeness (QED) is 0.168. The molecule has 1 atom stereocenters. The molecule has 0 spiro atoms. The summed E-state index contributed by atoms with van der Waals surface area (Å²) in [5.41, 5.74) is 0. The maximum Gasteiger partial charge on any atom is 0.300 e. The molecule has 0 saturated heterocycles. The fourth-order valence-corrected chi connectivity index (χ4v) is 3.02. The molecule has 0 aliphatic heterocycles. The Morgan fingerprint density at radius 1 is 0.656 bits per heavy atom. The number of hydrogen-bond donors (Lipinski definition) is 4. The van der Waals surface area contributed by atoms with Crippen LogP contribution in [0.2, 0.25) is 0 Å². The Morgan fingerprint density at radius 3 is 1.22 bits per heavy atom. The van der Waals surface area contributed by atoms with Crippen LogP contribution >= 0.6 is 0 Å². The summed E-state index contributed by atoms with van der Waals surface area (Å²) in [4.78, 5) is 18.0. The predicted molar refractivity (Wildman–Crippen MR) is 130 cm³/mol. The van der Waals surface area contributed by atoms with Crippen molar-refractivity contribution in [2.45, 2.75) is 130 Å². The summed E-state index contributed by atoms with van der Waals surface area (Å²) in [6.45, 7) is 5.20. The average Bonchev–Trinajstić information content (AvgIpc) is 2.72. The van der Waals surface area contributed by atoms with Crippen LogP contribution in [-0.2, 0) is 14.3 Å². The lowest BCUT2D eigenvalue weighted by atomic mass is 10.0. The van der Waals surface area contributed by atoms with Gasteiger partial charge in [0.2, 0.25) is 0 Å². The number of carboxylic acids is 2. The van der Waals surface area contributed by atoms with Crippen LogP contribution in [0, 0.1) is 0 Å². The Kier molecular flexibility index (Phi) is 35.4. The second-order valence-corrected chi connectivity index (χ2v) is 8.25. The van der Waals surface area contributed by atoms with E-state index in [2.05, 4.69) is 6.92 Å². The minimum atomic E-state index is -0.833. The van der Waals surface area contributed by atoms with Gasteiger partial charge in [0, 0.05) is 20.5 Å². The summed E-state index contributed by atoms with van der Waals surface area (Å²) in [7, 11) is 0. The Morgan fingerprint density at radius 2 is 0.938 bits per heavy atom. The molecule has 0 fully saturated rings. The smallest absolute Gasteiger partial charge is 0.300 e. The largest absolute Gasteiger partial charge is 0.481 e. The van der Waals surface area contributed by atoms with E-state index in [0.29, 0.717) is 6.61 Å². The zero-order chi connectivity index (χ0) is 24.9. The molecule has 0 aliphatic rings. The number of hydrogen-bond acceptors (Lipinski definition) is 5. The number of unbranched alkanes of at least 4 members (excludes halogenated alkanes) is 15. The number of rotatable bonds is 20. The van der Waals surface area contributed by atoms with Gasteiger partial charge in [0.15, 0.2) is 0 Å². The fraction of sp³-hybridized carbons (Fsp3) is 0.920. The van der Waals surface area contributed by atoms with Gasteiger partial charge in [-0.25, -0.2) is 0 Å². The zero-order valence-corrected chi connectivity index (χ0v) is 21.0. The third-order valence-corrected chi connectivity index (χ3v) is 4.66. The average molecular weight is 465 g/mol. The molecule has 1 unspecified atom stereocenters. The van der Waals surface area contributed by atoms with Gasteiger partial charge in [-0.2, -0.15) is 0 Å². The standard InChI is InChI=1S/C21H44O3.2C2H4O2/c1-2-3-4-5-6-7-8-9-10-11-12-13-14-15-16-17-18-24-20-21(23)19-22;2*1-2(3)4/h21-23H,2-20H2,1H3;2*1H3,(H,3,4). The van der Waals surface area contributed by atoms with Crippen molar-refractivity contribution >= 4 is 11.9 Å². The first-order valence-electron chi connectivity index (χ1n) is 12.5. The van der Waals surface area contributed by atoms with Crippen LogP contribution in [0.4, 0.5) is 0 Å². The SMILES string of the molecule is CC(=O)O.CC(=O)O.CCCCCCCCCCCCCCCCCCOCC(O)CO. The van der Waals surface area contributed by atoms with Crippen molar-refractivity contribution in [1.82, 2.24) is 0 Å².